The highest BCUT2D eigenvalue weighted by Gasteiger charge is 2.45. The third kappa shape index (κ3) is 4.87. The maximum absolute atomic E-state index is 12.6. The number of nitrogens with zero attached hydrogens (tertiary/aromatic N) is 3. The summed E-state index contributed by atoms with van der Waals surface area (Å²) >= 11 is 6.39. The van der Waals surface area contributed by atoms with Gasteiger partial charge in [-0.05, 0) is 67.5 Å². The molecule has 1 aliphatic heterocycles. The average Bonchev–Trinajstić information content (AvgIpc) is 3.50. The van der Waals surface area contributed by atoms with Crippen LogP contribution in [0.15, 0.2) is 41.5 Å². The van der Waals surface area contributed by atoms with Gasteiger partial charge in [0.15, 0.2) is 0 Å². The Labute approximate surface area is 217 Å². The molecule has 1 amide bonds. The van der Waals surface area contributed by atoms with Gasteiger partial charge in [0.25, 0.3) is 5.91 Å². The highest BCUT2D eigenvalue weighted by molar-refractivity contribution is 7.90. The van der Waals surface area contributed by atoms with Crippen LogP contribution in [-0.2, 0) is 16.3 Å². The van der Waals surface area contributed by atoms with E-state index in [0.717, 1.165) is 41.6 Å². The van der Waals surface area contributed by atoms with Crippen molar-refractivity contribution < 1.29 is 13.2 Å². The lowest BCUT2D eigenvalue weighted by molar-refractivity contribution is 0.0956. The molecule has 2 aromatic rings. The second kappa shape index (κ2) is 9.87. The van der Waals surface area contributed by atoms with Crippen LogP contribution >= 0.6 is 11.6 Å². The average molecular weight is 525 g/mol. The number of fused-ring (bicyclic) bond motifs is 3. The molecule has 188 valence electrons. The summed E-state index contributed by atoms with van der Waals surface area (Å²) in [5.74, 6) is 0.492. The molecule has 0 aromatic heterocycles. The van der Waals surface area contributed by atoms with E-state index in [4.69, 9.17) is 16.7 Å². The number of anilines is 1. The van der Waals surface area contributed by atoms with E-state index in [9.17, 15) is 18.5 Å². The Morgan fingerprint density at radius 2 is 1.97 bits per heavy atom. The molecular weight excluding hydrogens is 496 g/mol. The van der Waals surface area contributed by atoms with Gasteiger partial charge < -0.3 is 5.32 Å². The lowest BCUT2D eigenvalue weighted by atomic mass is 9.74. The van der Waals surface area contributed by atoms with Crippen molar-refractivity contribution in [2.45, 2.75) is 44.6 Å². The van der Waals surface area contributed by atoms with E-state index in [1.54, 1.807) is 12.1 Å². The van der Waals surface area contributed by atoms with Gasteiger partial charge in [0.05, 0.1) is 33.8 Å². The van der Waals surface area contributed by atoms with Crippen LogP contribution in [0.1, 0.15) is 59.2 Å². The van der Waals surface area contributed by atoms with Gasteiger partial charge in [-0.3, -0.25) is 9.80 Å². The summed E-state index contributed by atoms with van der Waals surface area (Å²) in [5, 5.41) is 19.7. The number of carbonyl (C=O) groups is 1. The molecule has 3 aliphatic rings. The predicted octanol–water partition coefficient (Wildman–Crippen LogP) is 4.33. The molecule has 1 heterocycles. The van der Waals surface area contributed by atoms with E-state index in [-0.39, 0.29) is 24.2 Å². The minimum Gasteiger partial charge on any atom is -0.351 e. The molecule has 0 radical (unpaired) electrons. The van der Waals surface area contributed by atoms with Crippen LogP contribution in [-0.4, -0.2) is 44.6 Å². The van der Waals surface area contributed by atoms with Crippen LogP contribution < -0.4 is 10.3 Å². The lowest BCUT2D eigenvalue weighted by Crippen LogP contribution is -2.40. The van der Waals surface area contributed by atoms with Crippen LogP contribution in [0.25, 0.3) is 0 Å². The summed E-state index contributed by atoms with van der Waals surface area (Å²) < 4.78 is 22.7. The maximum atomic E-state index is 12.6. The molecule has 2 unspecified atom stereocenters. The normalized spacial score (nSPS) is 21.5. The first kappa shape index (κ1) is 24.8. The van der Waals surface area contributed by atoms with Crippen molar-refractivity contribution in [2.24, 2.45) is 16.9 Å². The number of sulfone groups is 1. The zero-order valence-electron chi connectivity index (χ0n) is 20.2. The zero-order chi connectivity index (χ0) is 25.4. The summed E-state index contributed by atoms with van der Waals surface area (Å²) in [6.07, 6.45) is 7.80. The molecular formula is C27H29ClN4O3S. The molecule has 0 saturated heterocycles. The number of hydrogen-bond acceptors (Lipinski definition) is 6. The van der Waals surface area contributed by atoms with E-state index in [1.807, 2.05) is 24.3 Å². The van der Waals surface area contributed by atoms with Gasteiger partial charge in [-0.1, -0.05) is 30.5 Å². The predicted molar refractivity (Wildman–Crippen MR) is 141 cm³/mol. The Hall–Kier alpha value is -2.89. The van der Waals surface area contributed by atoms with Crippen LogP contribution in [0.5, 0.6) is 0 Å². The van der Waals surface area contributed by atoms with Gasteiger partial charge in [-0.2, -0.15) is 10.4 Å². The fraction of sp³-hybridized carbons (Fsp3) is 0.444. The van der Waals surface area contributed by atoms with E-state index < -0.39 is 9.84 Å². The topological polar surface area (TPSA) is 103 Å². The van der Waals surface area contributed by atoms with E-state index in [1.165, 1.54) is 25.7 Å². The molecule has 1 fully saturated rings. The maximum Gasteiger partial charge on any atom is 0.251 e. The fourth-order valence-corrected chi connectivity index (χ4v) is 6.59. The SMILES string of the molecule is CS(=O)(=O)CCNC(=O)c1ccc2c(c1)CCC1C2=NN(c2ccc(C#N)c(Cl)c2)C1C1CCCC1. The van der Waals surface area contributed by atoms with E-state index in [0.29, 0.717) is 28.0 Å². The van der Waals surface area contributed by atoms with Crippen molar-refractivity contribution in [1.29, 1.82) is 5.26 Å². The number of rotatable bonds is 6. The quantitative estimate of drug-likeness (QED) is 0.605. The van der Waals surface area contributed by atoms with Crippen LogP contribution in [0.3, 0.4) is 0 Å². The summed E-state index contributed by atoms with van der Waals surface area (Å²) in [5.41, 5.74) is 5.10. The molecule has 0 bridgehead atoms. The lowest BCUT2D eigenvalue weighted by Gasteiger charge is -2.34. The fourth-order valence-electron chi connectivity index (χ4n) is 5.90. The number of amides is 1. The molecule has 2 atom stereocenters. The molecule has 0 spiro atoms. The third-order valence-electron chi connectivity index (χ3n) is 7.61. The van der Waals surface area contributed by atoms with Crippen molar-refractivity contribution in [1.82, 2.24) is 5.32 Å². The van der Waals surface area contributed by atoms with E-state index >= 15 is 0 Å². The Morgan fingerprint density at radius 3 is 2.67 bits per heavy atom. The Kier molecular flexibility index (Phi) is 6.80. The van der Waals surface area contributed by atoms with E-state index in [2.05, 4.69) is 16.4 Å². The number of halogens is 1. The minimum absolute atomic E-state index is 0.0834. The molecule has 5 rings (SSSR count). The number of hydrazone groups is 1. The Bertz CT molecular complexity index is 1380. The molecule has 36 heavy (non-hydrogen) atoms. The smallest absolute Gasteiger partial charge is 0.251 e. The largest absolute Gasteiger partial charge is 0.351 e. The molecule has 1 saturated carbocycles. The first-order chi connectivity index (χ1) is 17.2. The monoisotopic (exact) mass is 524 g/mol. The molecule has 1 N–H and O–H groups in total. The number of benzene rings is 2. The molecule has 9 heteroatoms. The van der Waals surface area contributed by atoms with Gasteiger partial charge in [0.1, 0.15) is 15.9 Å². The van der Waals surface area contributed by atoms with Gasteiger partial charge in [0, 0.05) is 29.8 Å². The standard InChI is InChI=1S/C27H29ClN4O3S/c1-36(34,35)13-12-30-27(33)19-8-10-22-18(14-19)7-11-23-25(22)31-32(26(23)17-4-2-3-5-17)21-9-6-20(16-29)24(28)15-21/h6,8-10,14-15,17,23,26H,2-5,7,11-13H2,1H3,(H,30,33). The van der Waals surface area contributed by atoms with Crippen molar-refractivity contribution in [3.8, 4) is 6.07 Å². The summed E-state index contributed by atoms with van der Waals surface area (Å²) in [6, 6.07) is 13.6. The Morgan fingerprint density at radius 1 is 1.19 bits per heavy atom. The van der Waals surface area contributed by atoms with Crippen LogP contribution in [0.2, 0.25) is 5.02 Å². The minimum atomic E-state index is -3.13. The van der Waals surface area contributed by atoms with Gasteiger partial charge in [-0.15, -0.1) is 0 Å². The van der Waals surface area contributed by atoms with Gasteiger partial charge >= 0.3 is 0 Å². The van der Waals surface area contributed by atoms with Gasteiger partial charge in [-0.25, -0.2) is 8.42 Å². The summed E-state index contributed by atoms with van der Waals surface area (Å²) in [6.45, 7) is 0.0920. The third-order valence-corrected chi connectivity index (χ3v) is 8.87. The molecule has 7 nitrogen and oxygen atoms in total. The van der Waals surface area contributed by atoms with Crippen LogP contribution in [0.4, 0.5) is 5.69 Å². The first-order valence-electron chi connectivity index (χ1n) is 12.4. The number of nitrogens with one attached hydrogen (secondary N) is 1. The molecule has 2 aliphatic carbocycles. The van der Waals surface area contributed by atoms with Crippen molar-refractivity contribution in [3.63, 3.8) is 0 Å². The van der Waals surface area contributed by atoms with Crippen LogP contribution in [0, 0.1) is 23.2 Å². The van der Waals surface area contributed by atoms with Crippen molar-refractivity contribution >= 4 is 38.7 Å². The highest BCUT2D eigenvalue weighted by atomic mass is 35.5. The number of aryl methyl sites for hydroxylation is 1. The highest BCUT2D eigenvalue weighted by Crippen LogP contribution is 2.45. The second-order valence-corrected chi connectivity index (χ2v) is 12.7. The molecule has 2 aromatic carbocycles. The summed E-state index contributed by atoms with van der Waals surface area (Å²) in [7, 11) is -3.13. The van der Waals surface area contributed by atoms with Gasteiger partial charge in [0.2, 0.25) is 0 Å². The van der Waals surface area contributed by atoms with Crippen molar-refractivity contribution in [3.05, 3.63) is 63.7 Å². The number of hydrogen-bond donors (Lipinski definition) is 1. The second-order valence-electron chi connectivity index (χ2n) is 10.0. The zero-order valence-corrected chi connectivity index (χ0v) is 21.8. The van der Waals surface area contributed by atoms with Crippen molar-refractivity contribution in [2.75, 3.05) is 23.6 Å². The number of carbonyl (C=O) groups excluding carboxylic acids is 1. The summed E-state index contributed by atoms with van der Waals surface area (Å²) in [4.78, 5) is 12.6. The first-order valence-corrected chi connectivity index (χ1v) is 14.9. The Balaban J connectivity index is 1.45. The number of nitriles is 1.